The molecule has 1 unspecified atom stereocenters. The summed E-state index contributed by atoms with van der Waals surface area (Å²) in [7, 11) is 0. The molecular formula is C13H15BrClNOS. The van der Waals surface area contributed by atoms with Crippen LogP contribution < -0.4 is 5.32 Å². The van der Waals surface area contributed by atoms with Crippen molar-refractivity contribution in [2.75, 3.05) is 6.54 Å². The van der Waals surface area contributed by atoms with Crippen LogP contribution in [-0.4, -0.2) is 6.54 Å². The van der Waals surface area contributed by atoms with Crippen molar-refractivity contribution < 1.29 is 4.42 Å². The monoisotopic (exact) mass is 347 g/mol. The van der Waals surface area contributed by atoms with Crippen molar-refractivity contribution in [1.82, 2.24) is 5.32 Å². The maximum Gasteiger partial charge on any atom is 0.108 e. The van der Waals surface area contributed by atoms with E-state index in [1.165, 1.54) is 10.4 Å². The Morgan fingerprint density at radius 1 is 1.50 bits per heavy atom. The second-order valence-corrected chi connectivity index (χ2v) is 6.45. The molecule has 0 saturated carbocycles. The van der Waals surface area contributed by atoms with Gasteiger partial charge in [0.05, 0.1) is 12.3 Å². The highest BCUT2D eigenvalue weighted by Crippen LogP contribution is 2.38. The number of halogens is 2. The molecule has 2 aromatic heterocycles. The zero-order valence-corrected chi connectivity index (χ0v) is 13.5. The van der Waals surface area contributed by atoms with Crippen molar-refractivity contribution >= 4 is 38.9 Å². The Morgan fingerprint density at radius 3 is 2.83 bits per heavy atom. The zero-order valence-electron chi connectivity index (χ0n) is 10.3. The molecule has 0 aliphatic carbocycles. The quantitative estimate of drug-likeness (QED) is 0.821. The molecule has 0 fully saturated rings. The standard InChI is InChI=1S/C13H15BrClNOS/c1-3-10-8(5-6-17-10)12(16-4-2)11-7-9(14)13(15)18-11/h5-7,12,16H,3-4H2,1-2H3. The van der Waals surface area contributed by atoms with Gasteiger partial charge in [-0.1, -0.05) is 25.4 Å². The fourth-order valence-electron chi connectivity index (χ4n) is 1.97. The van der Waals surface area contributed by atoms with Gasteiger partial charge in [-0.25, -0.2) is 0 Å². The van der Waals surface area contributed by atoms with Crippen molar-refractivity contribution in [2.24, 2.45) is 0 Å². The summed E-state index contributed by atoms with van der Waals surface area (Å²) in [6.45, 7) is 5.09. The summed E-state index contributed by atoms with van der Waals surface area (Å²) in [5.41, 5.74) is 1.20. The van der Waals surface area contributed by atoms with E-state index in [4.69, 9.17) is 16.0 Å². The predicted octanol–water partition coefficient (Wildman–Crippen LogP) is 5.02. The van der Waals surface area contributed by atoms with Crippen LogP contribution in [0.3, 0.4) is 0 Å². The van der Waals surface area contributed by atoms with Crippen LogP contribution in [0.25, 0.3) is 0 Å². The first kappa shape index (κ1) is 14.1. The maximum absolute atomic E-state index is 6.13. The molecule has 2 aromatic rings. The van der Waals surface area contributed by atoms with Gasteiger partial charge in [-0.15, -0.1) is 11.3 Å². The average Bonchev–Trinajstić information content (AvgIpc) is 2.94. The fraction of sp³-hybridized carbons (Fsp3) is 0.385. The number of nitrogens with one attached hydrogen (secondary N) is 1. The molecule has 0 saturated heterocycles. The van der Waals surface area contributed by atoms with E-state index in [-0.39, 0.29) is 6.04 Å². The molecule has 5 heteroatoms. The minimum absolute atomic E-state index is 0.150. The van der Waals surface area contributed by atoms with Crippen LogP contribution in [0.15, 0.2) is 27.3 Å². The summed E-state index contributed by atoms with van der Waals surface area (Å²) >= 11 is 11.2. The number of thiophene rings is 1. The number of hydrogen-bond acceptors (Lipinski definition) is 3. The van der Waals surface area contributed by atoms with Crippen LogP contribution in [0.2, 0.25) is 4.34 Å². The highest BCUT2D eigenvalue weighted by Gasteiger charge is 2.21. The lowest BCUT2D eigenvalue weighted by Gasteiger charge is -2.16. The van der Waals surface area contributed by atoms with Gasteiger partial charge in [0.1, 0.15) is 10.1 Å². The lowest BCUT2D eigenvalue weighted by molar-refractivity contribution is 0.503. The Bertz CT molecular complexity index is 503. The lowest BCUT2D eigenvalue weighted by Crippen LogP contribution is -2.21. The van der Waals surface area contributed by atoms with Gasteiger partial charge in [0.25, 0.3) is 0 Å². The van der Waals surface area contributed by atoms with Crippen LogP contribution >= 0.6 is 38.9 Å². The van der Waals surface area contributed by atoms with Gasteiger partial charge in [0, 0.05) is 21.3 Å². The summed E-state index contributed by atoms with van der Waals surface area (Å²) in [5, 5.41) is 3.49. The van der Waals surface area contributed by atoms with E-state index in [1.54, 1.807) is 17.6 Å². The molecule has 98 valence electrons. The molecule has 0 spiro atoms. The second-order valence-electron chi connectivity index (χ2n) is 3.91. The number of furan rings is 1. The highest BCUT2D eigenvalue weighted by molar-refractivity contribution is 9.10. The molecule has 0 aliphatic rings. The van der Waals surface area contributed by atoms with E-state index in [2.05, 4.69) is 41.2 Å². The van der Waals surface area contributed by atoms with Crippen molar-refractivity contribution in [3.8, 4) is 0 Å². The largest absolute Gasteiger partial charge is 0.469 e. The van der Waals surface area contributed by atoms with Crippen LogP contribution in [0.5, 0.6) is 0 Å². The van der Waals surface area contributed by atoms with Gasteiger partial charge in [-0.3, -0.25) is 0 Å². The minimum atomic E-state index is 0.150. The maximum atomic E-state index is 6.13. The Kier molecular flexibility index (Phi) is 4.90. The smallest absolute Gasteiger partial charge is 0.108 e. The molecule has 2 heterocycles. The number of rotatable bonds is 5. The van der Waals surface area contributed by atoms with Crippen molar-refractivity contribution in [3.05, 3.63) is 43.4 Å². The minimum Gasteiger partial charge on any atom is -0.469 e. The van der Waals surface area contributed by atoms with Gasteiger partial charge in [0.15, 0.2) is 0 Å². The summed E-state index contributed by atoms with van der Waals surface area (Å²) in [6.07, 6.45) is 2.65. The second kappa shape index (κ2) is 6.24. The first-order valence-corrected chi connectivity index (χ1v) is 7.90. The third-order valence-electron chi connectivity index (χ3n) is 2.77. The van der Waals surface area contributed by atoms with Crippen LogP contribution in [0.4, 0.5) is 0 Å². The molecule has 0 amide bonds. The van der Waals surface area contributed by atoms with Gasteiger partial charge < -0.3 is 9.73 Å². The van der Waals surface area contributed by atoms with E-state index < -0.39 is 0 Å². The summed E-state index contributed by atoms with van der Waals surface area (Å²) in [4.78, 5) is 1.20. The Balaban J connectivity index is 2.39. The Hall–Kier alpha value is -0.290. The van der Waals surface area contributed by atoms with Crippen molar-refractivity contribution in [3.63, 3.8) is 0 Å². The molecule has 1 atom stereocenters. The molecule has 2 rings (SSSR count). The third kappa shape index (κ3) is 2.82. The number of aryl methyl sites for hydroxylation is 1. The van der Waals surface area contributed by atoms with Crippen LogP contribution in [0.1, 0.15) is 36.1 Å². The molecule has 0 bridgehead atoms. The molecule has 18 heavy (non-hydrogen) atoms. The average molecular weight is 349 g/mol. The molecule has 0 radical (unpaired) electrons. The molecule has 0 aliphatic heterocycles. The Morgan fingerprint density at radius 2 is 2.28 bits per heavy atom. The Labute approximate surface area is 124 Å². The SMILES string of the molecule is CCNC(c1cc(Br)c(Cl)s1)c1ccoc1CC. The molecular weight excluding hydrogens is 334 g/mol. The topological polar surface area (TPSA) is 25.2 Å². The first-order chi connectivity index (χ1) is 8.67. The van der Waals surface area contributed by atoms with Gasteiger partial charge in [-0.2, -0.15) is 0 Å². The molecule has 1 N–H and O–H groups in total. The zero-order chi connectivity index (χ0) is 13.1. The first-order valence-electron chi connectivity index (χ1n) is 5.91. The highest BCUT2D eigenvalue weighted by atomic mass is 79.9. The van der Waals surface area contributed by atoms with Crippen molar-refractivity contribution in [2.45, 2.75) is 26.3 Å². The van der Waals surface area contributed by atoms with Gasteiger partial charge in [-0.05, 0) is 34.6 Å². The normalized spacial score (nSPS) is 12.9. The van der Waals surface area contributed by atoms with Crippen LogP contribution in [-0.2, 0) is 6.42 Å². The van der Waals surface area contributed by atoms with E-state index in [9.17, 15) is 0 Å². The lowest BCUT2D eigenvalue weighted by atomic mass is 10.0. The van der Waals surface area contributed by atoms with E-state index in [0.29, 0.717) is 0 Å². The van der Waals surface area contributed by atoms with E-state index in [1.807, 2.05) is 6.07 Å². The summed E-state index contributed by atoms with van der Waals surface area (Å²) in [5.74, 6) is 1.03. The summed E-state index contributed by atoms with van der Waals surface area (Å²) in [6, 6.07) is 4.26. The van der Waals surface area contributed by atoms with Gasteiger partial charge in [0.2, 0.25) is 0 Å². The number of hydrogen-bond donors (Lipinski definition) is 1. The van der Waals surface area contributed by atoms with E-state index in [0.717, 1.165) is 27.5 Å². The molecule has 2 nitrogen and oxygen atoms in total. The molecule has 0 aromatic carbocycles. The van der Waals surface area contributed by atoms with Gasteiger partial charge >= 0.3 is 0 Å². The summed E-state index contributed by atoms with van der Waals surface area (Å²) < 4.78 is 7.26. The van der Waals surface area contributed by atoms with E-state index >= 15 is 0 Å². The van der Waals surface area contributed by atoms with Crippen LogP contribution in [0, 0.1) is 0 Å². The third-order valence-corrected chi connectivity index (χ3v) is 5.31. The predicted molar refractivity (Wildman–Crippen MR) is 80.6 cm³/mol. The fourth-order valence-corrected chi connectivity index (χ4v) is 3.80. The van der Waals surface area contributed by atoms with Crippen molar-refractivity contribution in [1.29, 1.82) is 0 Å².